The number of benzene rings is 2. The van der Waals surface area contributed by atoms with Gasteiger partial charge < -0.3 is 14.8 Å². The molecule has 0 radical (unpaired) electrons. The van der Waals surface area contributed by atoms with Crippen LogP contribution in [0.1, 0.15) is 10.4 Å². The number of ether oxygens (including phenoxy) is 2. The first kappa shape index (κ1) is 19.7. The lowest BCUT2D eigenvalue weighted by Crippen LogP contribution is -2.32. The molecule has 2 aromatic carbocycles. The van der Waals surface area contributed by atoms with Crippen LogP contribution in [0.15, 0.2) is 65.7 Å². The molecule has 6 nitrogen and oxygen atoms in total. The molecule has 30 heavy (non-hydrogen) atoms. The van der Waals surface area contributed by atoms with Crippen LogP contribution in [0.2, 0.25) is 0 Å². The van der Waals surface area contributed by atoms with Gasteiger partial charge >= 0.3 is 0 Å². The molecule has 4 rings (SSSR count). The van der Waals surface area contributed by atoms with Gasteiger partial charge in [-0.05, 0) is 42.6 Å². The lowest BCUT2D eigenvalue weighted by atomic mass is 10.1. The van der Waals surface area contributed by atoms with Crippen LogP contribution < -0.4 is 19.7 Å². The number of hydrogen-bond acceptors (Lipinski definition) is 6. The number of imide groups is 1. The summed E-state index contributed by atoms with van der Waals surface area (Å²) in [6.45, 7) is 1.95. The fraction of sp³-hybridized carbons (Fsp3) is 0.130. The van der Waals surface area contributed by atoms with Gasteiger partial charge in [0.25, 0.3) is 11.8 Å². The lowest BCUT2D eigenvalue weighted by Gasteiger charge is -2.16. The van der Waals surface area contributed by atoms with Gasteiger partial charge in [0.2, 0.25) is 0 Å². The molecule has 0 spiro atoms. The first-order valence-corrected chi connectivity index (χ1v) is 10.1. The number of methoxy groups -OCH3 is 2. The maximum absolute atomic E-state index is 13.4. The topological polar surface area (TPSA) is 67.9 Å². The highest BCUT2D eigenvalue weighted by molar-refractivity contribution is 7.11. The van der Waals surface area contributed by atoms with E-state index in [0.29, 0.717) is 28.4 Å². The number of anilines is 2. The van der Waals surface area contributed by atoms with Crippen LogP contribution in [-0.4, -0.2) is 26.0 Å². The van der Waals surface area contributed by atoms with Crippen LogP contribution in [0.5, 0.6) is 11.5 Å². The third-order valence-corrected chi connectivity index (χ3v) is 5.70. The van der Waals surface area contributed by atoms with Crippen molar-refractivity contribution in [3.8, 4) is 11.5 Å². The van der Waals surface area contributed by atoms with E-state index in [1.165, 1.54) is 23.3 Å². The Morgan fingerprint density at radius 2 is 1.70 bits per heavy atom. The Morgan fingerprint density at radius 1 is 0.933 bits per heavy atom. The van der Waals surface area contributed by atoms with Crippen LogP contribution in [0.25, 0.3) is 5.57 Å². The first-order chi connectivity index (χ1) is 14.5. The fourth-order valence-electron chi connectivity index (χ4n) is 3.26. The second-order valence-corrected chi connectivity index (χ2v) is 7.65. The van der Waals surface area contributed by atoms with Crippen molar-refractivity contribution < 1.29 is 19.1 Å². The number of aryl methyl sites for hydroxylation is 1. The lowest BCUT2D eigenvalue weighted by molar-refractivity contribution is -0.120. The Balaban J connectivity index is 1.79. The van der Waals surface area contributed by atoms with Crippen LogP contribution in [-0.2, 0) is 9.59 Å². The van der Waals surface area contributed by atoms with Gasteiger partial charge in [0.05, 0.1) is 31.2 Å². The molecular formula is C23H20N2O4S. The number of nitrogens with zero attached hydrogens (tertiary/aromatic N) is 1. The number of carbonyl (C=O) groups is 2. The smallest absolute Gasteiger partial charge is 0.282 e. The average Bonchev–Trinajstić information content (AvgIpc) is 3.36. The summed E-state index contributed by atoms with van der Waals surface area (Å²) in [6, 6.07) is 16.2. The number of carbonyl (C=O) groups excluding carboxylic acids is 2. The molecule has 0 saturated carbocycles. The van der Waals surface area contributed by atoms with Crippen LogP contribution >= 0.6 is 11.3 Å². The summed E-state index contributed by atoms with van der Waals surface area (Å²) in [5, 5.41) is 5.01. The van der Waals surface area contributed by atoms with Gasteiger partial charge in [0.1, 0.15) is 17.2 Å². The highest BCUT2D eigenvalue weighted by Gasteiger charge is 2.40. The third kappa shape index (κ3) is 3.44. The molecule has 7 heteroatoms. The summed E-state index contributed by atoms with van der Waals surface area (Å²) >= 11 is 1.41. The van der Waals surface area contributed by atoms with Gasteiger partial charge in [-0.1, -0.05) is 23.8 Å². The molecule has 2 heterocycles. The largest absolute Gasteiger partial charge is 0.497 e. The van der Waals surface area contributed by atoms with Crippen molar-refractivity contribution in [2.75, 3.05) is 24.4 Å². The van der Waals surface area contributed by atoms with E-state index in [2.05, 4.69) is 5.32 Å². The molecule has 1 N–H and O–H groups in total. The Morgan fingerprint density at radius 3 is 2.33 bits per heavy atom. The molecular weight excluding hydrogens is 400 g/mol. The predicted octanol–water partition coefficient (Wildman–Crippen LogP) is 4.47. The van der Waals surface area contributed by atoms with E-state index in [-0.39, 0.29) is 11.6 Å². The van der Waals surface area contributed by atoms with Crippen molar-refractivity contribution in [3.63, 3.8) is 0 Å². The number of hydrogen-bond donors (Lipinski definition) is 1. The maximum Gasteiger partial charge on any atom is 0.282 e. The highest BCUT2D eigenvalue weighted by atomic mass is 32.1. The highest BCUT2D eigenvalue weighted by Crippen LogP contribution is 2.37. The molecule has 0 atom stereocenters. The monoisotopic (exact) mass is 420 g/mol. The summed E-state index contributed by atoms with van der Waals surface area (Å²) in [4.78, 5) is 28.6. The van der Waals surface area contributed by atoms with E-state index in [1.807, 2.05) is 36.6 Å². The normalized spacial score (nSPS) is 13.8. The van der Waals surface area contributed by atoms with Crippen LogP contribution in [0, 0.1) is 6.92 Å². The zero-order valence-corrected chi connectivity index (χ0v) is 17.6. The molecule has 1 aliphatic rings. The molecule has 1 aromatic heterocycles. The van der Waals surface area contributed by atoms with Gasteiger partial charge in [-0.2, -0.15) is 0 Å². The fourth-order valence-corrected chi connectivity index (χ4v) is 4.03. The van der Waals surface area contributed by atoms with Crippen molar-refractivity contribution >= 4 is 40.1 Å². The summed E-state index contributed by atoms with van der Waals surface area (Å²) in [5.41, 5.74) is 2.70. The van der Waals surface area contributed by atoms with E-state index in [1.54, 1.807) is 37.4 Å². The second-order valence-electron chi connectivity index (χ2n) is 6.70. The van der Waals surface area contributed by atoms with Crippen molar-refractivity contribution in [2.24, 2.45) is 0 Å². The zero-order chi connectivity index (χ0) is 21.3. The number of nitrogens with one attached hydrogen (secondary N) is 1. The molecule has 0 aliphatic carbocycles. The third-order valence-electron chi connectivity index (χ3n) is 4.81. The van der Waals surface area contributed by atoms with E-state index >= 15 is 0 Å². The van der Waals surface area contributed by atoms with Gasteiger partial charge in [-0.3, -0.25) is 9.59 Å². The van der Waals surface area contributed by atoms with Gasteiger partial charge in [-0.25, -0.2) is 4.90 Å². The second kappa shape index (κ2) is 8.04. The SMILES string of the molecule is COc1ccc(NC2=C(c3cccs3)C(=O)N(c3ccc(C)cc3)C2=O)c(OC)c1. The van der Waals surface area contributed by atoms with Crippen molar-refractivity contribution in [3.05, 3.63) is 76.1 Å². The molecule has 0 unspecified atom stereocenters. The Labute approximate surface area is 178 Å². The van der Waals surface area contributed by atoms with E-state index in [4.69, 9.17) is 9.47 Å². The number of thiophene rings is 1. The van der Waals surface area contributed by atoms with E-state index in [9.17, 15) is 9.59 Å². The minimum Gasteiger partial charge on any atom is -0.497 e. The molecule has 2 amide bonds. The Bertz CT molecular complexity index is 1130. The minimum absolute atomic E-state index is 0.214. The summed E-state index contributed by atoms with van der Waals surface area (Å²) in [6.07, 6.45) is 0. The van der Waals surface area contributed by atoms with Crippen LogP contribution in [0.3, 0.4) is 0 Å². The quantitative estimate of drug-likeness (QED) is 0.596. The molecule has 0 fully saturated rings. The van der Waals surface area contributed by atoms with Crippen molar-refractivity contribution in [1.82, 2.24) is 0 Å². The number of rotatable bonds is 6. The van der Waals surface area contributed by atoms with Crippen molar-refractivity contribution in [1.29, 1.82) is 0 Å². The van der Waals surface area contributed by atoms with Crippen LogP contribution in [0.4, 0.5) is 11.4 Å². The summed E-state index contributed by atoms with van der Waals surface area (Å²) in [5.74, 6) is 0.354. The minimum atomic E-state index is -0.412. The molecule has 0 saturated heterocycles. The Kier molecular flexibility index (Phi) is 5.29. The van der Waals surface area contributed by atoms with Gasteiger partial charge in [0.15, 0.2) is 0 Å². The van der Waals surface area contributed by atoms with Gasteiger partial charge in [0, 0.05) is 10.9 Å². The summed E-state index contributed by atoms with van der Waals surface area (Å²) in [7, 11) is 3.10. The molecule has 1 aliphatic heterocycles. The first-order valence-electron chi connectivity index (χ1n) is 9.26. The zero-order valence-electron chi connectivity index (χ0n) is 16.8. The van der Waals surface area contributed by atoms with E-state index < -0.39 is 5.91 Å². The Hall–Kier alpha value is -3.58. The molecule has 3 aromatic rings. The number of amides is 2. The standard InChI is InChI=1S/C23H20N2O4S/c1-14-6-8-15(9-7-14)25-22(26)20(19-5-4-12-30-19)21(23(25)27)24-17-11-10-16(28-2)13-18(17)29-3/h4-13,24H,1-3H3. The van der Waals surface area contributed by atoms with E-state index in [0.717, 1.165) is 10.4 Å². The average molecular weight is 420 g/mol. The molecule has 0 bridgehead atoms. The maximum atomic E-state index is 13.4. The molecule has 152 valence electrons. The summed E-state index contributed by atoms with van der Waals surface area (Å²) < 4.78 is 10.7. The predicted molar refractivity (Wildman–Crippen MR) is 118 cm³/mol. The van der Waals surface area contributed by atoms with Gasteiger partial charge in [-0.15, -0.1) is 11.3 Å². The van der Waals surface area contributed by atoms with Crippen molar-refractivity contribution in [2.45, 2.75) is 6.92 Å².